The molecule has 0 amide bonds. The Bertz CT molecular complexity index is 782. The molecule has 2 nitrogen and oxygen atoms in total. The maximum absolute atomic E-state index is 5.97. The van der Waals surface area contributed by atoms with Crippen LogP contribution in [0.4, 0.5) is 0 Å². The Balaban J connectivity index is 2.35. The van der Waals surface area contributed by atoms with Crippen molar-refractivity contribution in [3.63, 3.8) is 0 Å². The van der Waals surface area contributed by atoms with Gasteiger partial charge in [-0.2, -0.15) is 0 Å². The SMILES string of the molecule is Cc1cc(C)cc(-n2c(CCCl)nc3cccc(C)c32)c1. The fourth-order valence-corrected chi connectivity index (χ4v) is 3.12. The van der Waals surface area contributed by atoms with Crippen molar-refractivity contribution in [1.82, 2.24) is 9.55 Å². The van der Waals surface area contributed by atoms with Crippen molar-refractivity contribution in [2.24, 2.45) is 0 Å². The lowest BCUT2D eigenvalue weighted by Gasteiger charge is -2.12. The molecule has 3 rings (SSSR count). The van der Waals surface area contributed by atoms with Gasteiger partial charge in [0, 0.05) is 18.0 Å². The van der Waals surface area contributed by atoms with Crippen LogP contribution in [0.15, 0.2) is 36.4 Å². The van der Waals surface area contributed by atoms with E-state index in [1.165, 1.54) is 27.9 Å². The summed E-state index contributed by atoms with van der Waals surface area (Å²) in [7, 11) is 0. The number of hydrogen-bond donors (Lipinski definition) is 0. The predicted octanol–water partition coefficient (Wildman–Crippen LogP) is 4.73. The third-order valence-electron chi connectivity index (χ3n) is 3.73. The number of halogens is 1. The number of fused-ring (bicyclic) bond motifs is 1. The van der Waals surface area contributed by atoms with Crippen molar-refractivity contribution >= 4 is 22.6 Å². The molecule has 0 unspecified atom stereocenters. The summed E-state index contributed by atoms with van der Waals surface area (Å²) in [6.45, 7) is 6.39. The molecule has 1 heterocycles. The molecule has 1 aromatic heterocycles. The molecule has 0 aliphatic heterocycles. The van der Waals surface area contributed by atoms with Gasteiger partial charge in [-0.15, -0.1) is 11.6 Å². The quantitative estimate of drug-likeness (QED) is 0.639. The molecule has 0 bridgehead atoms. The molecule has 0 fully saturated rings. The maximum Gasteiger partial charge on any atom is 0.115 e. The molecule has 0 spiro atoms. The molecule has 0 atom stereocenters. The first kappa shape index (κ1) is 14.2. The highest BCUT2D eigenvalue weighted by Crippen LogP contribution is 2.26. The van der Waals surface area contributed by atoms with Gasteiger partial charge < -0.3 is 0 Å². The normalized spacial score (nSPS) is 11.2. The van der Waals surface area contributed by atoms with Crippen LogP contribution in [-0.2, 0) is 6.42 Å². The van der Waals surface area contributed by atoms with E-state index in [0.717, 1.165) is 17.8 Å². The van der Waals surface area contributed by atoms with Gasteiger partial charge in [0.25, 0.3) is 0 Å². The second-order valence-corrected chi connectivity index (χ2v) is 5.97. The molecular weight excluding hydrogens is 280 g/mol. The Morgan fingerprint density at radius 3 is 2.43 bits per heavy atom. The van der Waals surface area contributed by atoms with Crippen molar-refractivity contribution in [2.75, 3.05) is 5.88 Å². The molecular formula is C18H19ClN2. The van der Waals surface area contributed by atoms with Gasteiger partial charge in [0.1, 0.15) is 5.82 Å². The minimum absolute atomic E-state index is 0.577. The number of alkyl halides is 1. The summed E-state index contributed by atoms with van der Waals surface area (Å²) in [5, 5.41) is 0. The molecule has 0 radical (unpaired) electrons. The van der Waals surface area contributed by atoms with E-state index in [-0.39, 0.29) is 0 Å². The van der Waals surface area contributed by atoms with Gasteiger partial charge in [-0.05, 0) is 55.7 Å². The molecule has 0 N–H and O–H groups in total. The molecule has 0 saturated heterocycles. The summed E-state index contributed by atoms with van der Waals surface area (Å²) >= 11 is 5.97. The Morgan fingerprint density at radius 1 is 1.05 bits per heavy atom. The summed E-state index contributed by atoms with van der Waals surface area (Å²) in [6, 6.07) is 12.9. The Morgan fingerprint density at radius 2 is 1.76 bits per heavy atom. The molecule has 0 aliphatic carbocycles. The number of para-hydroxylation sites is 1. The zero-order valence-corrected chi connectivity index (χ0v) is 13.4. The Kier molecular flexibility index (Phi) is 3.73. The standard InChI is InChI=1S/C18H19ClN2/c1-12-9-13(2)11-15(10-12)21-17(7-8-19)20-16-6-4-5-14(3)18(16)21/h4-6,9-11H,7-8H2,1-3H3. The summed E-state index contributed by atoms with van der Waals surface area (Å²) < 4.78 is 2.26. The number of aromatic nitrogens is 2. The summed E-state index contributed by atoms with van der Waals surface area (Å²) in [4.78, 5) is 4.78. The highest BCUT2D eigenvalue weighted by atomic mass is 35.5. The average Bonchev–Trinajstić information content (AvgIpc) is 2.77. The third kappa shape index (κ3) is 2.56. The van der Waals surface area contributed by atoms with Crippen molar-refractivity contribution in [1.29, 1.82) is 0 Å². The van der Waals surface area contributed by atoms with Crippen molar-refractivity contribution < 1.29 is 0 Å². The Hall–Kier alpha value is -1.80. The van der Waals surface area contributed by atoms with Gasteiger partial charge in [0.15, 0.2) is 0 Å². The van der Waals surface area contributed by atoms with E-state index in [1.54, 1.807) is 0 Å². The van der Waals surface area contributed by atoms with Crippen LogP contribution in [0, 0.1) is 20.8 Å². The van der Waals surface area contributed by atoms with E-state index in [4.69, 9.17) is 16.6 Å². The van der Waals surface area contributed by atoms with E-state index in [2.05, 4.69) is 61.7 Å². The van der Waals surface area contributed by atoms with E-state index in [0.29, 0.717) is 5.88 Å². The van der Waals surface area contributed by atoms with E-state index < -0.39 is 0 Å². The van der Waals surface area contributed by atoms with Crippen molar-refractivity contribution in [3.8, 4) is 5.69 Å². The highest BCUT2D eigenvalue weighted by Gasteiger charge is 2.14. The zero-order valence-electron chi connectivity index (χ0n) is 12.7. The van der Waals surface area contributed by atoms with E-state index in [1.807, 2.05) is 0 Å². The third-order valence-corrected chi connectivity index (χ3v) is 3.92. The Labute approximate surface area is 130 Å². The fourth-order valence-electron chi connectivity index (χ4n) is 2.95. The zero-order chi connectivity index (χ0) is 15.0. The lowest BCUT2D eigenvalue weighted by molar-refractivity contribution is 0.909. The minimum Gasteiger partial charge on any atom is -0.296 e. The van der Waals surface area contributed by atoms with Crippen LogP contribution in [0.1, 0.15) is 22.5 Å². The van der Waals surface area contributed by atoms with Gasteiger partial charge >= 0.3 is 0 Å². The van der Waals surface area contributed by atoms with Crippen LogP contribution in [0.3, 0.4) is 0 Å². The second kappa shape index (κ2) is 5.53. The van der Waals surface area contributed by atoms with Gasteiger partial charge in [0.05, 0.1) is 11.0 Å². The topological polar surface area (TPSA) is 17.8 Å². The van der Waals surface area contributed by atoms with Gasteiger partial charge in [0.2, 0.25) is 0 Å². The summed E-state index contributed by atoms with van der Waals surface area (Å²) in [5.74, 6) is 1.60. The van der Waals surface area contributed by atoms with Crippen LogP contribution < -0.4 is 0 Å². The average molecular weight is 299 g/mol. The molecule has 3 heteroatoms. The van der Waals surface area contributed by atoms with Crippen LogP contribution in [-0.4, -0.2) is 15.4 Å². The number of nitrogens with zero attached hydrogens (tertiary/aromatic N) is 2. The maximum atomic E-state index is 5.97. The molecule has 108 valence electrons. The molecule has 21 heavy (non-hydrogen) atoms. The van der Waals surface area contributed by atoms with Crippen LogP contribution >= 0.6 is 11.6 Å². The monoisotopic (exact) mass is 298 g/mol. The summed E-state index contributed by atoms with van der Waals surface area (Å²) in [5.41, 5.74) is 7.15. The van der Waals surface area contributed by atoms with Gasteiger partial charge in [-0.25, -0.2) is 4.98 Å². The van der Waals surface area contributed by atoms with Gasteiger partial charge in [-0.1, -0.05) is 18.2 Å². The second-order valence-electron chi connectivity index (χ2n) is 5.59. The van der Waals surface area contributed by atoms with E-state index in [9.17, 15) is 0 Å². The fraction of sp³-hybridized carbons (Fsp3) is 0.278. The first-order chi connectivity index (χ1) is 10.1. The largest absolute Gasteiger partial charge is 0.296 e. The van der Waals surface area contributed by atoms with E-state index >= 15 is 0 Å². The highest BCUT2D eigenvalue weighted by molar-refractivity contribution is 6.17. The number of benzene rings is 2. The molecule has 0 saturated carbocycles. The lowest BCUT2D eigenvalue weighted by Crippen LogP contribution is -2.03. The van der Waals surface area contributed by atoms with Crippen LogP contribution in [0.2, 0.25) is 0 Å². The van der Waals surface area contributed by atoms with Crippen molar-refractivity contribution in [3.05, 3.63) is 58.9 Å². The van der Waals surface area contributed by atoms with Crippen LogP contribution in [0.5, 0.6) is 0 Å². The van der Waals surface area contributed by atoms with Crippen molar-refractivity contribution in [2.45, 2.75) is 27.2 Å². The predicted molar refractivity (Wildman–Crippen MR) is 89.7 cm³/mol. The number of imidazole rings is 1. The molecule has 0 aliphatic rings. The number of hydrogen-bond acceptors (Lipinski definition) is 1. The molecule has 2 aromatic carbocycles. The number of aryl methyl sites for hydroxylation is 4. The lowest BCUT2D eigenvalue weighted by atomic mass is 10.1. The first-order valence-corrected chi connectivity index (χ1v) is 7.75. The summed E-state index contributed by atoms with van der Waals surface area (Å²) in [6.07, 6.45) is 0.767. The van der Waals surface area contributed by atoms with Crippen LogP contribution in [0.25, 0.3) is 16.7 Å². The minimum atomic E-state index is 0.577. The number of rotatable bonds is 3. The van der Waals surface area contributed by atoms with Gasteiger partial charge in [-0.3, -0.25) is 4.57 Å². The first-order valence-electron chi connectivity index (χ1n) is 7.21. The molecule has 3 aromatic rings. The smallest absolute Gasteiger partial charge is 0.115 e.